The van der Waals surface area contributed by atoms with Crippen molar-refractivity contribution in [2.75, 3.05) is 0 Å². The van der Waals surface area contributed by atoms with Crippen LogP contribution in [0.25, 0.3) is 20.2 Å². The highest BCUT2D eigenvalue weighted by Crippen LogP contribution is 2.31. The zero-order valence-corrected chi connectivity index (χ0v) is 15.9. The van der Waals surface area contributed by atoms with Gasteiger partial charge in [-0.1, -0.05) is 18.6 Å². The number of aryl methyl sites for hydroxylation is 1. The molecule has 1 N–H and O–H groups in total. The third-order valence-electron chi connectivity index (χ3n) is 4.08. The van der Waals surface area contributed by atoms with Crippen molar-refractivity contribution in [2.45, 2.75) is 26.7 Å². The number of carbonyl (C=O) groups is 2. The van der Waals surface area contributed by atoms with E-state index in [1.807, 2.05) is 18.5 Å². The van der Waals surface area contributed by atoms with Gasteiger partial charge in [-0.05, 0) is 25.5 Å². The van der Waals surface area contributed by atoms with Crippen molar-refractivity contribution in [3.8, 4) is 0 Å². The molecule has 1 aromatic heterocycles. The van der Waals surface area contributed by atoms with E-state index in [2.05, 4.69) is 0 Å². The summed E-state index contributed by atoms with van der Waals surface area (Å²) < 4.78 is 0.946. The summed E-state index contributed by atoms with van der Waals surface area (Å²) in [5.74, 6) is -1.54. The van der Waals surface area contributed by atoms with Gasteiger partial charge < -0.3 is 4.84 Å². The number of rotatable bonds is 4. The number of hydroxylamine groups is 1. The highest BCUT2D eigenvalue weighted by atomic mass is 32.1. The predicted octanol–water partition coefficient (Wildman–Crippen LogP) is 3.62. The van der Waals surface area contributed by atoms with Gasteiger partial charge in [-0.3, -0.25) is 19.7 Å². The first-order valence-corrected chi connectivity index (χ1v) is 9.29. The van der Waals surface area contributed by atoms with Gasteiger partial charge in [0, 0.05) is 33.3 Å². The molecule has 3 aromatic rings. The lowest BCUT2D eigenvalue weighted by molar-refractivity contribution is -0.384. The number of carbonyl (C=O) groups excluding carboxylic acids is 2. The van der Waals surface area contributed by atoms with Crippen LogP contribution in [0.15, 0.2) is 35.1 Å². The van der Waals surface area contributed by atoms with Gasteiger partial charge >= 0.3 is 5.97 Å². The number of nitrogens with one attached hydrogen (secondary N) is 1. The molecule has 0 radical (unpaired) electrons. The van der Waals surface area contributed by atoms with E-state index in [0.717, 1.165) is 11.6 Å². The Morgan fingerprint density at radius 3 is 2.64 bits per heavy atom. The Morgan fingerprint density at radius 2 is 1.96 bits per heavy atom. The minimum atomic E-state index is -1.03. The number of fused-ring (bicyclic) bond motifs is 2. The Morgan fingerprint density at radius 1 is 1.21 bits per heavy atom. The van der Waals surface area contributed by atoms with Gasteiger partial charge in [0.15, 0.2) is 5.43 Å². The third-order valence-corrected chi connectivity index (χ3v) is 5.20. The number of nitrogens with zero attached hydrogens (tertiary/aromatic N) is 1. The smallest absolute Gasteiger partial charge is 0.335 e. The average molecular weight is 400 g/mol. The van der Waals surface area contributed by atoms with Gasteiger partial charge in [0.1, 0.15) is 0 Å². The summed E-state index contributed by atoms with van der Waals surface area (Å²) in [5, 5.41) is 11.7. The number of nitro groups is 1. The molecule has 0 atom stereocenters. The fourth-order valence-corrected chi connectivity index (χ4v) is 3.90. The van der Waals surface area contributed by atoms with Crippen molar-refractivity contribution in [3.05, 3.63) is 61.8 Å². The van der Waals surface area contributed by atoms with Crippen molar-refractivity contribution in [1.29, 1.82) is 0 Å². The molecule has 3 rings (SSSR count). The van der Waals surface area contributed by atoms with Crippen molar-refractivity contribution in [2.24, 2.45) is 0 Å². The SMILES string of the molecule is CCCC(=O)NOC(=O)c1cc([N+](=O)[O-])cc2sc3ccc(C)cc3c(=O)c12. The summed E-state index contributed by atoms with van der Waals surface area (Å²) in [6, 6.07) is 7.55. The number of hydrogen-bond acceptors (Lipinski definition) is 7. The number of non-ortho nitro benzene ring substituents is 1. The molecule has 0 saturated carbocycles. The molecular formula is C19H16N2O6S. The number of nitro benzene ring substituents is 1. The fraction of sp³-hybridized carbons (Fsp3) is 0.211. The number of benzene rings is 2. The van der Waals surface area contributed by atoms with E-state index in [1.165, 1.54) is 17.4 Å². The van der Waals surface area contributed by atoms with E-state index >= 15 is 0 Å². The quantitative estimate of drug-likeness (QED) is 0.406. The fourth-order valence-electron chi connectivity index (χ4n) is 2.78. The first-order chi connectivity index (χ1) is 13.3. The van der Waals surface area contributed by atoms with Crippen molar-refractivity contribution < 1.29 is 19.3 Å². The molecule has 0 saturated heterocycles. The second kappa shape index (κ2) is 7.73. The van der Waals surface area contributed by atoms with Crippen molar-refractivity contribution in [3.63, 3.8) is 0 Å². The maximum absolute atomic E-state index is 13.0. The van der Waals surface area contributed by atoms with E-state index in [9.17, 15) is 24.5 Å². The molecule has 28 heavy (non-hydrogen) atoms. The van der Waals surface area contributed by atoms with Crippen molar-refractivity contribution >= 4 is 49.1 Å². The highest BCUT2D eigenvalue weighted by molar-refractivity contribution is 7.24. The Kier molecular flexibility index (Phi) is 5.36. The lowest BCUT2D eigenvalue weighted by Crippen LogP contribution is -2.27. The van der Waals surface area contributed by atoms with Crippen LogP contribution in [0.1, 0.15) is 35.7 Å². The molecule has 0 fully saturated rings. The maximum atomic E-state index is 13.0. The zero-order valence-electron chi connectivity index (χ0n) is 15.1. The highest BCUT2D eigenvalue weighted by Gasteiger charge is 2.22. The second-order valence-corrected chi connectivity index (χ2v) is 7.30. The van der Waals surface area contributed by atoms with Gasteiger partial charge in [-0.15, -0.1) is 11.3 Å². The number of amides is 1. The normalized spacial score (nSPS) is 10.8. The van der Waals surface area contributed by atoms with Crippen molar-refractivity contribution in [1.82, 2.24) is 5.48 Å². The van der Waals surface area contributed by atoms with E-state index < -0.39 is 22.2 Å². The summed E-state index contributed by atoms with van der Waals surface area (Å²) in [6.07, 6.45) is 0.711. The molecule has 0 aliphatic heterocycles. The lowest BCUT2D eigenvalue weighted by Gasteiger charge is -2.08. The lowest BCUT2D eigenvalue weighted by atomic mass is 10.1. The molecule has 0 aliphatic rings. The first-order valence-electron chi connectivity index (χ1n) is 8.47. The second-order valence-electron chi connectivity index (χ2n) is 6.22. The van der Waals surface area contributed by atoms with Crippen LogP contribution in [-0.4, -0.2) is 16.8 Å². The average Bonchev–Trinajstić information content (AvgIpc) is 2.66. The molecule has 8 nitrogen and oxygen atoms in total. The minimum absolute atomic E-state index is 0.0310. The van der Waals surface area contributed by atoms with E-state index in [4.69, 9.17) is 4.84 Å². The topological polar surface area (TPSA) is 116 Å². The van der Waals surface area contributed by atoms with E-state index in [1.54, 1.807) is 19.1 Å². The zero-order chi connectivity index (χ0) is 20.4. The van der Waals surface area contributed by atoms with Gasteiger partial charge in [-0.2, -0.15) is 5.48 Å². The monoisotopic (exact) mass is 400 g/mol. The van der Waals surface area contributed by atoms with Crippen LogP contribution in [0.5, 0.6) is 0 Å². The summed E-state index contributed by atoms with van der Waals surface area (Å²) in [7, 11) is 0. The van der Waals surface area contributed by atoms with Crippen LogP contribution >= 0.6 is 11.3 Å². The predicted molar refractivity (Wildman–Crippen MR) is 105 cm³/mol. The largest absolute Gasteiger partial charge is 0.364 e. The summed E-state index contributed by atoms with van der Waals surface area (Å²) in [5.41, 5.74) is 1.85. The Bertz CT molecular complexity index is 1180. The van der Waals surface area contributed by atoms with E-state index in [-0.39, 0.29) is 23.1 Å². The molecule has 0 aliphatic carbocycles. The standard InChI is InChI=1S/C19H16N2O6S/c1-3-4-16(22)20-27-19(24)13-8-11(21(25)26)9-15-17(13)18(23)12-7-10(2)5-6-14(12)28-15/h5-9H,3-4H2,1-2H3,(H,20,22). The molecule has 0 spiro atoms. The Hall–Kier alpha value is -3.33. The van der Waals surface area contributed by atoms with Gasteiger partial charge in [0.25, 0.3) is 11.6 Å². The Balaban J connectivity index is 2.21. The molecule has 0 bridgehead atoms. The van der Waals surface area contributed by atoms with Crippen LogP contribution < -0.4 is 10.9 Å². The molecule has 0 unspecified atom stereocenters. The van der Waals surface area contributed by atoms with Gasteiger partial charge in [0.05, 0.1) is 15.9 Å². The van der Waals surface area contributed by atoms with Crippen LogP contribution in [0.3, 0.4) is 0 Å². The first kappa shape index (κ1) is 19.4. The van der Waals surface area contributed by atoms with Crippen LogP contribution in [0.4, 0.5) is 5.69 Å². The van der Waals surface area contributed by atoms with Crippen LogP contribution in [0.2, 0.25) is 0 Å². The van der Waals surface area contributed by atoms with Crippen LogP contribution in [0, 0.1) is 17.0 Å². The summed E-state index contributed by atoms with van der Waals surface area (Å²) in [4.78, 5) is 52.5. The van der Waals surface area contributed by atoms with E-state index in [0.29, 0.717) is 21.2 Å². The van der Waals surface area contributed by atoms with Crippen LogP contribution in [-0.2, 0) is 9.63 Å². The molecule has 1 heterocycles. The van der Waals surface area contributed by atoms with Gasteiger partial charge in [0.2, 0.25) is 0 Å². The Labute approximate surface area is 162 Å². The summed E-state index contributed by atoms with van der Waals surface area (Å²) >= 11 is 1.17. The molecule has 1 amide bonds. The number of hydrogen-bond donors (Lipinski definition) is 1. The molecule has 144 valence electrons. The molecular weight excluding hydrogens is 384 g/mol. The molecule has 2 aromatic carbocycles. The maximum Gasteiger partial charge on any atom is 0.364 e. The third kappa shape index (κ3) is 3.70. The van der Waals surface area contributed by atoms with Gasteiger partial charge in [-0.25, -0.2) is 4.79 Å². The molecule has 9 heteroatoms. The minimum Gasteiger partial charge on any atom is -0.335 e. The summed E-state index contributed by atoms with van der Waals surface area (Å²) in [6.45, 7) is 3.62.